The van der Waals surface area contributed by atoms with E-state index in [2.05, 4.69) is 41.1 Å². The normalized spacial score (nSPS) is 12.4. The summed E-state index contributed by atoms with van der Waals surface area (Å²) in [6.07, 6.45) is 1.56. The van der Waals surface area contributed by atoms with E-state index in [0.717, 1.165) is 22.9 Å². The van der Waals surface area contributed by atoms with Crippen LogP contribution in [0.2, 0.25) is 0 Å². The largest absolute Gasteiger partial charge is 0.327 e. The van der Waals surface area contributed by atoms with Crippen LogP contribution in [0.25, 0.3) is 0 Å². The van der Waals surface area contributed by atoms with Gasteiger partial charge in [0.15, 0.2) is 0 Å². The van der Waals surface area contributed by atoms with E-state index in [1.165, 1.54) is 23.3 Å². The zero-order valence-corrected chi connectivity index (χ0v) is 12.5. The number of aryl methyl sites for hydroxylation is 1. The second kappa shape index (κ2) is 6.31. The van der Waals surface area contributed by atoms with Crippen LogP contribution in [0, 0.1) is 12.7 Å². The van der Waals surface area contributed by atoms with Crippen molar-refractivity contribution in [3.05, 3.63) is 69.4 Å². The summed E-state index contributed by atoms with van der Waals surface area (Å²) in [5.41, 5.74) is 9.71. The van der Waals surface area contributed by atoms with Gasteiger partial charge >= 0.3 is 0 Å². The van der Waals surface area contributed by atoms with Gasteiger partial charge in [-0.2, -0.15) is 0 Å². The lowest BCUT2D eigenvalue weighted by molar-refractivity contribution is 0.622. The van der Waals surface area contributed by atoms with Crippen molar-refractivity contribution in [2.24, 2.45) is 5.73 Å². The van der Waals surface area contributed by atoms with E-state index in [0.29, 0.717) is 0 Å². The molecule has 2 aromatic rings. The molecule has 0 fully saturated rings. The zero-order valence-electron chi connectivity index (χ0n) is 10.9. The van der Waals surface area contributed by atoms with Gasteiger partial charge in [-0.1, -0.05) is 51.8 Å². The third kappa shape index (κ3) is 4.15. The monoisotopic (exact) mass is 321 g/mol. The molecule has 0 aromatic heterocycles. The smallest absolute Gasteiger partial charge is 0.124 e. The highest BCUT2D eigenvalue weighted by molar-refractivity contribution is 9.10. The molecule has 0 aliphatic heterocycles. The zero-order chi connectivity index (χ0) is 13.8. The van der Waals surface area contributed by atoms with Crippen molar-refractivity contribution in [1.29, 1.82) is 0 Å². The number of benzene rings is 2. The summed E-state index contributed by atoms with van der Waals surface area (Å²) in [4.78, 5) is 0. The quantitative estimate of drug-likeness (QED) is 0.904. The number of rotatable bonds is 4. The summed E-state index contributed by atoms with van der Waals surface area (Å²) in [5.74, 6) is -0.233. The molecule has 0 radical (unpaired) electrons. The predicted octanol–water partition coefficient (Wildman–Crippen LogP) is 4.01. The maximum absolute atomic E-state index is 13.0. The molecule has 0 amide bonds. The Kier molecular flexibility index (Phi) is 4.72. The third-order valence-electron chi connectivity index (χ3n) is 3.08. The highest BCUT2D eigenvalue weighted by Crippen LogP contribution is 2.20. The van der Waals surface area contributed by atoms with Crippen LogP contribution in [0.1, 0.15) is 16.7 Å². The fourth-order valence-electron chi connectivity index (χ4n) is 2.18. The lowest BCUT2D eigenvalue weighted by atomic mass is 9.99. The van der Waals surface area contributed by atoms with E-state index >= 15 is 0 Å². The van der Waals surface area contributed by atoms with Crippen molar-refractivity contribution in [3.8, 4) is 0 Å². The van der Waals surface area contributed by atoms with Crippen molar-refractivity contribution in [1.82, 2.24) is 0 Å². The van der Waals surface area contributed by atoms with Crippen LogP contribution in [-0.2, 0) is 12.8 Å². The summed E-state index contributed by atoms with van der Waals surface area (Å²) >= 11 is 3.38. The molecule has 3 heteroatoms. The van der Waals surface area contributed by atoms with Crippen LogP contribution in [0.15, 0.2) is 46.9 Å². The van der Waals surface area contributed by atoms with Gasteiger partial charge in [0, 0.05) is 10.5 Å². The average Bonchev–Trinajstić information content (AvgIpc) is 2.33. The minimum atomic E-state index is -0.233. The molecule has 0 bridgehead atoms. The fraction of sp³-hybridized carbons (Fsp3) is 0.250. The molecule has 1 nitrogen and oxygen atoms in total. The van der Waals surface area contributed by atoms with Gasteiger partial charge in [0.25, 0.3) is 0 Å². The van der Waals surface area contributed by atoms with Crippen molar-refractivity contribution >= 4 is 15.9 Å². The van der Waals surface area contributed by atoms with Crippen molar-refractivity contribution in [2.75, 3.05) is 0 Å². The van der Waals surface area contributed by atoms with Gasteiger partial charge in [0.2, 0.25) is 0 Å². The fourth-order valence-corrected chi connectivity index (χ4v) is 2.70. The highest BCUT2D eigenvalue weighted by Gasteiger charge is 2.09. The van der Waals surface area contributed by atoms with E-state index in [-0.39, 0.29) is 11.9 Å². The van der Waals surface area contributed by atoms with E-state index in [9.17, 15) is 4.39 Å². The average molecular weight is 322 g/mol. The van der Waals surface area contributed by atoms with E-state index < -0.39 is 0 Å². The van der Waals surface area contributed by atoms with Crippen LogP contribution in [0.3, 0.4) is 0 Å². The number of hydrogen-bond donors (Lipinski definition) is 1. The summed E-state index contributed by atoms with van der Waals surface area (Å²) in [5, 5.41) is 0. The molecule has 0 aliphatic carbocycles. The molecule has 1 atom stereocenters. The Bertz CT molecular complexity index is 568. The van der Waals surface area contributed by atoms with Crippen LogP contribution in [0.4, 0.5) is 4.39 Å². The number of hydrogen-bond acceptors (Lipinski definition) is 1. The number of nitrogens with two attached hydrogens (primary N) is 1. The molecule has 0 saturated carbocycles. The maximum atomic E-state index is 13.0. The second-order valence-corrected chi connectivity index (χ2v) is 5.75. The summed E-state index contributed by atoms with van der Waals surface area (Å²) in [7, 11) is 0. The van der Waals surface area contributed by atoms with Gasteiger partial charge in [-0.15, -0.1) is 0 Å². The first kappa shape index (κ1) is 14.2. The lowest BCUT2D eigenvalue weighted by Gasteiger charge is -2.13. The van der Waals surface area contributed by atoms with Crippen LogP contribution >= 0.6 is 15.9 Å². The van der Waals surface area contributed by atoms with Crippen molar-refractivity contribution in [3.63, 3.8) is 0 Å². The van der Waals surface area contributed by atoms with Crippen molar-refractivity contribution < 1.29 is 4.39 Å². The SMILES string of the molecule is Cc1cccc(CC(N)Cc2ccc(F)cc2Br)c1. The van der Waals surface area contributed by atoms with Gasteiger partial charge in [0.1, 0.15) is 5.82 Å². The Morgan fingerprint density at radius 2 is 1.95 bits per heavy atom. The summed E-state index contributed by atoms with van der Waals surface area (Å²) < 4.78 is 13.8. The van der Waals surface area contributed by atoms with E-state index in [4.69, 9.17) is 5.73 Å². The molecule has 2 rings (SSSR count). The molecule has 100 valence electrons. The van der Waals surface area contributed by atoms with Crippen LogP contribution in [0.5, 0.6) is 0 Å². The van der Waals surface area contributed by atoms with E-state index in [1.807, 2.05) is 6.07 Å². The molecule has 2 aromatic carbocycles. The van der Waals surface area contributed by atoms with Crippen molar-refractivity contribution in [2.45, 2.75) is 25.8 Å². The first-order valence-corrected chi connectivity index (χ1v) is 7.09. The molecule has 2 N–H and O–H groups in total. The van der Waals surface area contributed by atoms with Gasteiger partial charge < -0.3 is 5.73 Å². The summed E-state index contributed by atoms with van der Waals surface area (Å²) in [6.45, 7) is 2.07. The lowest BCUT2D eigenvalue weighted by Crippen LogP contribution is -2.25. The summed E-state index contributed by atoms with van der Waals surface area (Å²) in [6, 6.07) is 13.1. The molecule has 0 saturated heterocycles. The standard InChI is InChI=1S/C16H17BrFN/c1-11-3-2-4-12(7-11)8-15(19)9-13-5-6-14(18)10-16(13)17/h2-7,10,15H,8-9,19H2,1H3. The van der Waals surface area contributed by atoms with Crippen LogP contribution in [-0.4, -0.2) is 6.04 Å². The van der Waals surface area contributed by atoms with Gasteiger partial charge in [-0.25, -0.2) is 4.39 Å². The first-order valence-electron chi connectivity index (χ1n) is 6.29. The topological polar surface area (TPSA) is 26.0 Å². The molecular weight excluding hydrogens is 305 g/mol. The van der Waals surface area contributed by atoms with Crippen LogP contribution < -0.4 is 5.73 Å². The maximum Gasteiger partial charge on any atom is 0.124 e. The third-order valence-corrected chi connectivity index (χ3v) is 3.82. The van der Waals surface area contributed by atoms with Gasteiger partial charge in [0.05, 0.1) is 0 Å². The second-order valence-electron chi connectivity index (χ2n) is 4.89. The molecule has 0 spiro atoms. The molecule has 1 unspecified atom stereocenters. The highest BCUT2D eigenvalue weighted by atomic mass is 79.9. The Balaban J connectivity index is 2.03. The van der Waals surface area contributed by atoms with E-state index in [1.54, 1.807) is 6.07 Å². The Morgan fingerprint density at radius 1 is 1.16 bits per heavy atom. The Hall–Kier alpha value is -1.19. The minimum absolute atomic E-state index is 0.0311. The molecule has 0 heterocycles. The number of halogens is 2. The Morgan fingerprint density at radius 3 is 2.63 bits per heavy atom. The Labute approximate surface area is 121 Å². The minimum Gasteiger partial charge on any atom is -0.327 e. The predicted molar refractivity (Wildman–Crippen MR) is 80.7 cm³/mol. The molecule has 19 heavy (non-hydrogen) atoms. The van der Waals surface area contributed by atoms with Gasteiger partial charge in [-0.3, -0.25) is 0 Å². The molecule has 0 aliphatic rings. The first-order chi connectivity index (χ1) is 9.04. The van der Waals surface area contributed by atoms with Gasteiger partial charge in [-0.05, 0) is 43.0 Å². The molecular formula is C16H17BrFN.